The molecular formula is C22H22O6. The predicted octanol–water partition coefficient (Wildman–Crippen LogP) is 3.67. The number of benzene rings is 2. The van der Waals surface area contributed by atoms with E-state index in [0.717, 1.165) is 5.56 Å². The van der Waals surface area contributed by atoms with Crippen LogP contribution >= 0.6 is 0 Å². The maximum absolute atomic E-state index is 12.0. The lowest BCUT2D eigenvalue weighted by Crippen LogP contribution is -2.01. The summed E-state index contributed by atoms with van der Waals surface area (Å²) in [6, 6.07) is 9.97. The molecule has 0 aromatic heterocycles. The summed E-state index contributed by atoms with van der Waals surface area (Å²) in [6.45, 7) is 0. The van der Waals surface area contributed by atoms with E-state index in [1.165, 1.54) is 32.4 Å². The summed E-state index contributed by atoms with van der Waals surface area (Å²) in [4.78, 5) is 24.0. The zero-order valence-electron chi connectivity index (χ0n) is 16.0. The average molecular weight is 382 g/mol. The Bertz CT molecular complexity index is 911. The first-order valence-electron chi connectivity index (χ1n) is 8.47. The van der Waals surface area contributed by atoms with Gasteiger partial charge in [0.15, 0.2) is 34.6 Å². The number of ketones is 2. The number of ether oxygens (including phenoxy) is 3. The highest BCUT2D eigenvalue weighted by atomic mass is 16.5. The topological polar surface area (TPSA) is 82.1 Å². The second kappa shape index (κ2) is 9.97. The molecule has 0 radical (unpaired) electrons. The van der Waals surface area contributed by atoms with Crippen LogP contribution in [0.15, 0.2) is 48.6 Å². The SMILES string of the molecule is COc1cc(/C=C/C(=O)CC(=O)/C=C/c2ccc(OC)c(OC)c2)ccc1O. The summed E-state index contributed by atoms with van der Waals surface area (Å²) in [5.74, 6) is 0.837. The molecule has 0 aliphatic carbocycles. The molecule has 0 spiro atoms. The van der Waals surface area contributed by atoms with Crippen molar-refractivity contribution < 1.29 is 28.9 Å². The van der Waals surface area contributed by atoms with Crippen LogP contribution in [0.25, 0.3) is 12.2 Å². The highest BCUT2D eigenvalue weighted by Crippen LogP contribution is 2.28. The van der Waals surface area contributed by atoms with E-state index in [-0.39, 0.29) is 23.7 Å². The number of phenolic OH excluding ortho intramolecular Hbond substituents is 1. The van der Waals surface area contributed by atoms with Gasteiger partial charge in [0.25, 0.3) is 0 Å². The Morgan fingerprint density at radius 1 is 0.786 bits per heavy atom. The number of rotatable bonds is 9. The third-order valence-corrected chi connectivity index (χ3v) is 3.88. The molecule has 0 heterocycles. The molecule has 2 aromatic rings. The second-order valence-electron chi connectivity index (χ2n) is 5.82. The first-order chi connectivity index (χ1) is 13.5. The van der Waals surface area contributed by atoms with Gasteiger partial charge >= 0.3 is 0 Å². The molecule has 0 aliphatic rings. The Morgan fingerprint density at radius 2 is 1.29 bits per heavy atom. The van der Waals surface area contributed by atoms with Gasteiger partial charge in [-0.05, 0) is 47.5 Å². The Labute approximate surface area is 163 Å². The molecular weight excluding hydrogens is 360 g/mol. The molecule has 28 heavy (non-hydrogen) atoms. The lowest BCUT2D eigenvalue weighted by atomic mass is 10.1. The fraction of sp³-hybridized carbons (Fsp3) is 0.182. The smallest absolute Gasteiger partial charge is 0.163 e. The molecule has 0 aliphatic heterocycles. The largest absolute Gasteiger partial charge is 0.504 e. The van der Waals surface area contributed by atoms with Crippen LogP contribution in [0.1, 0.15) is 17.5 Å². The fourth-order valence-electron chi connectivity index (χ4n) is 2.42. The van der Waals surface area contributed by atoms with Gasteiger partial charge in [0.05, 0.1) is 27.8 Å². The van der Waals surface area contributed by atoms with E-state index in [1.807, 2.05) is 0 Å². The lowest BCUT2D eigenvalue weighted by Gasteiger charge is -2.07. The van der Waals surface area contributed by atoms with Gasteiger partial charge < -0.3 is 19.3 Å². The molecule has 146 valence electrons. The van der Waals surface area contributed by atoms with Crippen LogP contribution in [0.3, 0.4) is 0 Å². The Kier molecular flexibility index (Phi) is 7.39. The molecule has 0 fully saturated rings. The first-order valence-corrected chi connectivity index (χ1v) is 8.47. The van der Waals surface area contributed by atoms with Gasteiger partial charge in [0.2, 0.25) is 0 Å². The number of carbonyl (C=O) groups is 2. The molecule has 1 N–H and O–H groups in total. The van der Waals surface area contributed by atoms with Gasteiger partial charge in [-0.25, -0.2) is 0 Å². The van der Waals surface area contributed by atoms with Gasteiger partial charge in [-0.2, -0.15) is 0 Å². The summed E-state index contributed by atoms with van der Waals surface area (Å²) in [5, 5.41) is 9.56. The van der Waals surface area contributed by atoms with Crippen LogP contribution in [0.4, 0.5) is 0 Å². The van der Waals surface area contributed by atoms with Crippen molar-refractivity contribution in [3.05, 3.63) is 59.7 Å². The zero-order valence-corrected chi connectivity index (χ0v) is 16.0. The summed E-state index contributed by atoms with van der Waals surface area (Å²) >= 11 is 0. The number of allylic oxidation sites excluding steroid dienone is 2. The summed E-state index contributed by atoms with van der Waals surface area (Å²) in [7, 11) is 4.52. The standard InChI is InChI=1S/C22H22O6/c1-26-20-11-7-16(13-22(20)28-3)5-9-18(24)14-17(23)8-4-15-6-10-19(25)21(12-15)27-2/h4-13,25H,14H2,1-3H3/b8-4+,9-5+. The zero-order chi connectivity index (χ0) is 20.5. The normalized spacial score (nSPS) is 11.0. The Hall–Kier alpha value is -3.54. The molecule has 2 rings (SSSR count). The molecule has 0 atom stereocenters. The van der Waals surface area contributed by atoms with E-state index in [4.69, 9.17) is 14.2 Å². The van der Waals surface area contributed by atoms with E-state index in [0.29, 0.717) is 22.8 Å². The molecule has 0 saturated heterocycles. The third kappa shape index (κ3) is 5.74. The fourth-order valence-corrected chi connectivity index (χ4v) is 2.42. The number of phenols is 1. The average Bonchev–Trinajstić information content (AvgIpc) is 2.71. The summed E-state index contributed by atoms with van der Waals surface area (Å²) < 4.78 is 15.4. The van der Waals surface area contributed by atoms with E-state index >= 15 is 0 Å². The highest BCUT2D eigenvalue weighted by molar-refractivity contribution is 6.10. The minimum absolute atomic E-state index is 0.0152. The monoisotopic (exact) mass is 382 g/mol. The number of methoxy groups -OCH3 is 3. The first kappa shape index (κ1) is 20.8. The molecule has 6 nitrogen and oxygen atoms in total. The highest BCUT2D eigenvalue weighted by Gasteiger charge is 2.06. The van der Waals surface area contributed by atoms with Gasteiger partial charge in [0.1, 0.15) is 0 Å². The van der Waals surface area contributed by atoms with Crippen molar-refractivity contribution in [1.82, 2.24) is 0 Å². The predicted molar refractivity (Wildman–Crippen MR) is 107 cm³/mol. The van der Waals surface area contributed by atoms with E-state index in [1.54, 1.807) is 49.6 Å². The van der Waals surface area contributed by atoms with E-state index in [2.05, 4.69) is 0 Å². The van der Waals surface area contributed by atoms with Crippen molar-refractivity contribution in [2.24, 2.45) is 0 Å². The molecule has 6 heteroatoms. The van der Waals surface area contributed by atoms with Crippen molar-refractivity contribution in [3.63, 3.8) is 0 Å². The van der Waals surface area contributed by atoms with Crippen LogP contribution in [0.5, 0.6) is 23.0 Å². The van der Waals surface area contributed by atoms with Gasteiger partial charge in [-0.15, -0.1) is 0 Å². The summed E-state index contributed by atoms with van der Waals surface area (Å²) in [5.41, 5.74) is 1.43. The minimum Gasteiger partial charge on any atom is -0.504 e. The van der Waals surface area contributed by atoms with E-state index in [9.17, 15) is 14.7 Å². The number of hydrogen-bond acceptors (Lipinski definition) is 6. The molecule has 0 amide bonds. The number of hydrogen-bond donors (Lipinski definition) is 1. The van der Waals surface area contributed by atoms with Crippen molar-refractivity contribution in [3.8, 4) is 23.0 Å². The Balaban J connectivity index is 1.97. The van der Waals surface area contributed by atoms with Gasteiger partial charge in [0, 0.05) is 0 Å². The maximum atomic E-state index is 12.0. The van der Waals surface area contributed by atoms with Crippen LogP contribution in [-0.2, 0) is 9.59 Å². The molecule has 0 bridgehead atoms. The third-order valence-electron chi connectivity index (χ3n) is 3.88. The van der Waals surface area contributed by atoms with Crippen molar-refractivity contribution >= 4 is 23.7 Å². The number of carbonyl (C=O) groups excluding carboxylic acids is 2. The molecule has 0 unspecified atom stereocenters. The second-order valence-corrected chi connectivity index (χ2v) is 5.82. The van der Waals surface area contributed by atoms with Gasteiger partial charge in [-0.3, -0.25) is 9.59 Å². The van der Waals surface area contributed by atoms with Crippen molar-refractivity contribution in [2.75, 3.05) is 21.3 Å². The van der Waals surface area contributed by atoms with Crippen LogP contribution in [0.2, 0.25) is 0 Å². The minimum atomic E-state index is -0.325. The lowest BCUT2D eigenvalue weighted by molar-refractivity contribution is -0.121. The summed E-state index contributed by atoms with van der Waals surface area (Å²) in [6.07, 6.45) is 5.63. The quantitative estimate of drug-likeness (QED) is 0.526. The van der Waals surface area contributed by atoms with Crippen LogP contribution in [-0.4, -0.2) is 38.0 Å². The van der Waals surface area contributed by atoms with Crippen LogP contribution < -0.4 is 14.2 Å². The van der Waals surface area contributed by atoms with E-state index < -0.39 is 0 Å². The Morgan fingerprint density at radius 3 is 1.82 bits per heavy atom. The maximum Gasteiger partial charge on any atom is 0.163 e. The molecule has 0 saturated carbocycles. The van der Waals surface area contributed by atoms with Crippen molar-refractivity contribution in [1.29, 1.82) is 0 Å². The van der Waals surface area contributed by atoms with Gasteiger partial charge in [-0.1, -0.05) is 24.3 Å². The molecule has 2 aromatic carbocycles. The number of aromatic hydroxyl groups is 1. The van der Waals surface area contributed by atoms with Crippen LogP contribution in [0, 0.1) is 0 Å². The van der Waals surface area contributed by atoms with Crippen molar-refractivity contribution in [2.45, 2.75) is 6.42 Å².